The van der Waals surface area contributed by atoms with Crippen LogP contribution in [0, 0.1) is 6.92 Å². The van der Waals surface area contributed by atoms with Crippen LogP contribution in [0.2, 0.25) is 0 Å². The van der Waals surface area contributed by atoms with Gasteiger partial charge in [0.1, 0.15) is 16.2 Å². The third kappa shape index (κ3) is 2.63. The quantitative estimate of drug-likeness (QED) is 0.490. The molecular formula is C18H14N4OS2. The summed E-state index contributed by atoms with van der Waals surface area (Å²) in [6, 6.07) is 8.05. The molecule has 0 bridgehead atoms. The minimum atomic E-state index is 0.509. The molecule has 7 heteroatoms. The molecule has 0 atom stereocenters. The van der Waals surface area contributed by atoms with E-state index in [4.69, 9.17) is 4.42 Å². The van der Waals surface area contributed by atoms with Gasteiger partial charge in [-0.3, -0.25) is 0 Å². The molecule has 0 fully saturated rings. The highest BCUT2D eigenvalue weighted by atomic mass is 32.2. The molecule has 0 spiro atoms. The monoisotopic (exact) mass is 366 g/mol. The molecule has 1 aliphatic carbocycles. The van der Waals surface area contributed by atoms with Crippen LogP contribution in [0.5, 0.6) is 0 Å². The minimum absolute atomic E-state index is 0.509. The first kappa shape index (κ1) is 15.0. The van der Waals surface area contributed by atoms with E-state index in [0.717, 1.165) is 33.8 Å². The Labute approximate surface area is 152 Å². The highest BCUT2D eigenvalue weighted by molar-refractivity contribution is 7.99. The van der Waals surface area contributed by atoms with Crippen molar-refractivity contribution in [3.05, 3.63) is 46.6 Å². The van der Waals surface area contributed by atoms with Crippen molar-refractivity contribution in [2.24, 2.45) is 0 Å². The van der Waals surface area contributed by atoms with E-state index in [2.05, 4.69) is 20.2 Å². The summed E-state index contributed by atoms with van der Waals surface area (Å²) in [4.78, 5) is 11.4. The Kier molecular flexibility index (Phi) is 3.57. The van der Waals surface area contributed by atoms with E-state index in [1.165, 1.54) is 34.0 Å². The zero-order chi connectivity index (χ0) is 16.8. The summed E-state index contributed by atoms with van der Waals surface area (Å²) in [7, 11) is 0. The van der Waals surface area contributed by atoms with E-state index in [1.807, 2.05) is 31.2 Å². The number of nitrogens with zero attached hydrogens (tertiary/aromatic N) is 4. The lowest BCUT2D eigenvalue weighted by Crippen LogP contribution is -1.87. The fraction of sp³-hybridized carbons (Fsp3) is 0.222. The van der Waals surface area contributed by atoms with Crippen molar-refractivity contribution in [3.63, 3.8) is 0 Å². The molecule has 0 saturated heterocycles. The summed E-state index contributed by atoms with van der Waals surface area (Å²) in [6.07, 6.45) is 5.09. The summed E-state index contributed by atoms with van der Waals surface area (Å²) in [5.74, 6) is 0.534. The fourth-order valence-electron chi connectivity index (χ4n) is 3.21. The van der Waals surface area contributed by atoms with Crippen LogP contribution in [-0.4, -0.2) is 20.2 Å². The minimum Gasteiger partial charge on any atom is -0.411 e. The van der Waals surface area contributed by atoms with Crippen molar-refractivity contribution in [1.29, 1.82) is 0 Å². The van der Waals surface area contributed by atoms with Gasteiger partial charge in [-0.1, -0.05) is 17.7 Å². The van der Waals surface area contributed by atoms with Gasteiger partial charge in [-0.25, -0.2) is 9.97 Å². The third-order valence-corrected chi connectivity index (χ3v) is 6.36. The maximum Gasteiger partial charge on any atom is 0.283 e. The Bertz CT molecular complexity index is 1090. The Morgan fingerprint density at radius 2 is 2.12 bits per heavy atom. The molecular weight excluding hydrogens is 352 g/mol. The molecule has 5 rings (SSSR count). The Morgan fingerprint density at radius 1 is 1.16 bits per heavy atom. The van der Waals surface area contributed by atoms with E-state index in [0.29, 0.717) is 11.1 Å². The van der Waals surface area contributed by atoms with Crippen molar-refractivity contribution < 1.29 is 4.42 Å². The van der Waals surface area contributed by atoms with Gasteiger partial charge in [-0.05, 0) is 55.6 Å². The number of benzene rings is 1. The number of rotatable bonds is 3. The highest BCUT2D eigenvalue weighted by Crippen LogP contribution is 2.41. The Balaban J connectivity index is 1.52. The molecule has 0 saturated carbocycles. The van der Waals surface area contributed by atoms with Gasteiger partial charge in [0, 0.05) is 15.8 Å². The number of aryl methyl sites for hydroxylation is 3. The van der Waals surface area contributed by atoms with Crippen LogP contribution < -0.4 is 0 Å². The highest BCUT2D eigenvalue weighted by Gasteiger charge is 2.22. The molecule has 25 heavy (non-hydrogen) atoms. The molecule has 1 aromatic carbocycles. The predicted molar refractivity (Wildman–Crippen MR) is 98.0 cm³/mol. The number of aromatic nitrogens is 4. The topological polar surface area (TPSA) is 64.7 Å². The Hall–Kier alpha value is -2.25. The SMILES string of the molecule is Cc1cccc(-c2nnc(Sc3ncnc4sc5c(c34)CCC5)o2)c1. The van der Waals surface area contributed by atoms with E-state index < -0.39 is 0 Å². The molecule has 1 aliphatic rings. The largest absolute Gasteiger partial charge is 0.411 e. The molecule has 124 valence electrons. The molecule has 0 unspecified atom stereocenters. The standard InChI is InChI=1S/C18H14N4OS2/c1-10-4-2-5-11(8-10)15-21-22-18(23-15)25-17-14-12-6-3-7-13(12)24-16(14)19-9-20-17/h2,4-5,8-9H,3,6-7H2,1H3. The van der Waals surface area contributed by atoms with Gasteiger partial charge in [0.15, 0.2) is 0 Å². The van der Waals surface area contributed by atoms with E-state index >= 15 is 0 Å². The van der Waals surface area contributed by atoms with Crippen molar-refractivity contribution >= 4 is 33.3 Å². The van der Waals surface area contributed by atoms with E-state index in [-0.39, 0.29) is 0 Å². The summed E-state index contributed by atoms with van der Waals surface area (Å²) in [5, 5.41) is 11.0. The number of hydrogen-bond acceptors (Lipinski definition) is 7. The zero-order valence-corrected chi connectivity index (χ0v) is 15.2. The average Bonchev–Trinajstić information content (AvgIpc) is 3.30. The lowest BCUT2D eigenvalue weighted by atomic mass is 10.1. The van der Waals surface area contributed by atoms with Crippen LogP contribution in [-0.2, 0) is 12.8 Å². The van der Waals surface area contributed by atoms with Crippen LogP contribution in [0.25, 0.3) is 21.7 Å². The van der Waals surface area contributed by atoms with Crippen molar-refractivity contribution in [2.75, 3.05) is 0 Å². The normalized spacial score (nSPS) is 13.5. The zero-order valence-electron chi connectivity index (χ0n) is 13.5. The molecule has 5 nitrogen and oxygen atoms in total. The number of hydrogen-bond donors (Lipinski definition) is 0. The van der Waals surface area contributed by atoms with Gasteiger partial charge in [0.05, 0.1) is 0 Å². The summed E-state index contributed by atoms with van der Waals surface area (Å²) in [6.45, 7) is 2.05. The van der Waals surface area contributed by atoms with Crippen molar-refractivity contribution in [3.8, 4) is 11.5 Å². The van der Waals surface area contributed by atoms with Gasteiger partial charge in [0.2, 0.25) is 5.89 Å². The number of fused-ring (bicyclic) bond motifs is 3. The predicted octanol–water partition coefficient (Wildman–Crippen LogP) is 4.69. The molecule has 4 aromatic rings. The van der Waals surface area contributed by atoms with Crippen molar-refractivity contribution in [1.82, 2.24) is 20.2 Å². The third-order valence-electron chi connectivity index (χ3n) is 4.32. The van der Waals surface area contributed by atoms with Crippen LogP contribution in [0.15, 0.2) is 45.3 Å². The summed E-state index contributed by atoms with van der Waals surface area (Å²) < 4.78 is 5.86. The second-order valence-corrected chi connectivity index (χ2v) is 8.08. The molecule has 0 radical (unpaired) electrons. The first-order valence-corrected chi connectivity index (χ1v) is 9.75. The molecule has 0 amide bonds. The second-order valence-electron chi connectivity index (χ2n) is 6.06. The van der Waals surface area contributed by atoms with Crippen LogP contribution in [0.1, 0.15) is 22.4 Å². The lowest BCUT2D eigenvalue weighted by molar-refractivity contribution is 0.465. The molecule has 3 heterocycles. The molecule has 3 aromatic heterocycles. The van der Waals surface area contributed by atoms with Crippen LogP contribution >= 0.6 is 23.1 Å². The lowest BCUT2D eigenvalue weighted by Gasteiger charge is -2.00. The van der Waals surface area contributed by atoms with Gasteiger partial charge in [0.25, 0.3) is 5.22 Å². The molecule has 0 N–H and O–H groups in total. The van der Waals surface area contributed by atoms with E-state index in [1.54, 1.807) is 17.7 Å². The van der Waals surface area contributed by atoms with Gasteiger partial charge in [-0.2, -0.15) is 0 Å². The maximum absolute atomic E-state index is 5.86. The van der Waals surface area contributed by atoms with E-state index in [9.17, 15) is 0 Å². The summed E-state index contributed by atoms with van der Waals surface area (Å²) in [5.41, 5.74) is 3.50. The fourth-order valence-corrected chi connectivity index (χ4v) is 5.29. The average molecular weight is 366 g/mol. The summed E-state index contributed by atoms with van der Waals surface area (Å²) >= 11 is 3.21. The van der Waals surface area contributed by atoms with Crippen molar-refractivity contribution in [2.45, 2.75) is 36.4 Å². The molecule has 0 aliphatic heterocycles. The van der Waals surface area contributed by atoms with Gasteiger partial charge in [-0.15, -0.1) is 21.5 Å². The smallest absolute Gasteiger partial charge is 0.283 e. The maximum atomic E-state index is 5.86. The Morgan fingerprint density at radius 3 is 3.04 bits per heavy atom. The second kappa shape index (κ2) is 5.93. The first-order chi connectivity index (χ1) is 12.3. The number of thiophene rings is 1. The van der Waals surface area contributed by atoms with Crippen LogP contribution in [0.3, 0.4) is 0 Å². The van der Waals surface area contributed by atoms with Gasteiger partial charge < -0.3 is 4.42 Å². The van der Waals surface area contributed by atoms with Gasteiger partial charge >= 0.3 is 0 Å². The first-order valence-electron chi connectivity index (χ1n) is 8.11. The van der Waals surface area contributed by atoms with Crippen LogP contribution in [0.4, 0.5) is 0 Å².